The van der Waals surface area contributed by atoms with Crippen molar-refractivity contribution >= 4 is 23.1 Å². The van der Waals surface area contributed by atoms with Crippen LogP contribution in [-0.2, 0) is 9.53 Å². The first-order chi connectivity index (χ1) is 13.2. The fourth-order valence-electron chi connectivity index (χ4n) is 3.20. The molecule has 1 aliphatic heterocycles. The Hall–Kier alpha value is -2.97. The third-order valence-electron chi connectivity index (χ3n) is 4.60. The molecule has 1 amide bonds. The lowest BCUT2D eigenvalue weighted by molar-refractivity contribution is -0.118. The van der Waals surface area contributed by atoms with Crippen LogP contribution in [0.25, 0.3) is 16.9 Å². The van der Waals surface area contributed by atoms with E-state index in [9.17, 15) is 4.79 Å². The number of rotatable bonds is 5. The van der Waals surface area contributed by atoms with Crippen molar-refractivity contribution < 1.29 is 9.53 Å². The highest BCUT2D eigenvalue weighted by atomic mass is 16.5. The van der Waals surface area contributed by atoms with Crippen LogP contribution in [0.3, 0.4) is 0 Å². The van der Waals surface area contributed by atoms with Crippen LogP contribution >= 0.6 is 0 Å². The first kappa shape index (κ1) is 17.4. The molecule has 8 heteroatoms. The smallest absolute Gasteiger partial charge is 0.238 e. The van der Waals surface area contributed by atoms with E-state index in [1.54, 1.807) is 6.20 Å². The van der Waals surface area contributed by atoms with E-state index in [-0.39, 0.29) is 5.91 Å². The SMILES string of the molecule is CNc1nccn2c(-c3ccc(NC(=O)CN4CCOCC4)cc3)cnc12. The second-order valence-corrected chi connectivity index (χ2v) is 6.38. The Morgan fingerprint density at radius 1 is 1.19 bits per heavy atom. The van der Waals surface area contributed by atoms with E-state index in [2.05, 4.69) is 25.5 Å². The standard InChI is InChI=1S/C19H22N6O2/c1-20-18-19-22-12-16(25(19)7-6-21-18)14-2-4-15(5-3-14)23-17(26)13-24-8-10-27-11-9-24/h2-7,12H,8-11,13H2,1H3,(H,20,21)(H,23,26). The van der Waals surface area contributed by atoms with Crippen molar-refractivity contribution in [1.82, 2.24) is 19.3 Å². The van der Waals surface area contributed by atoms with Crippen LogP contribution in [0.1, 0.15) is 0 Å². The van der Waals surface area contributed by atoms with Gasteiger partial charge >= 0.3 is 0 Å². The molecule has 3 aromatic rings. The minimum atomic E-state index is -0.0100. The van der Waals surface area contributed by atoms with E-state index in [1.807, 2.05) is 48.1 Å². The van der Waals surface area contributed by atoms with Crippen molar-refractivity contribution in [1.29, 1.82) is 0 Å². The molecule has 0 bridgehead atoms. The molecule has 0 spiro atoms. The minimum absolute atomic E-state index is 0.0100. The molecule has 0 saturated carbocycles. The molecule has 2 N–H and O–H groups in total. The second kappa shape index (κ2) is 7.73. The molecule has 0 radical (unpaired) electrons. The minimum Gasteiger partial charge on any atom is -0.379 e. The Balaban J connectivity index is 1.47. The highest BCUT2D eigenvalue weighted by Gasteiger charge is 2.14. The third-order valence-corrected chi connectivity index (χ3v) is 4.60. The van der Waals surface area contributed by atoms with E-state index in [1.165, 1.54) is 0 Å². The molecule has 1 fully saturated rings. The Morgan fingerprint density at radius 2 is 1.96 bits per heavy atom. The zero-order valence-electron chi connectivity index (χ0n) is 15.2. The predicted octanol–water partition coefficient (Wildman–Crippen LogP) is 1.71. The van der Waals surface area contributed by atoms with Gasteiger partial charge in [0.25, 0.3) is 0 Å². The number of anilines is 2. The van der Waals surface area contributed by atoms with Crippen LogP contribution < -0.4 is 10.6 Å². The molecule has 1 saturated heterocycles. The molecule has 0 atom stereocenters. The van der Waals surface area contributed by atoms with Crippen LogP contribution in [0.5, 0.6) is 0 Å². The average molecular weight is 366 g/mol. The van der Waals surface area contributed by atoms with Gasteiger partial charge in [0.15, 0.2) is 11.5 Å². The number of benzene rings is 1. The van der Waals surface area contributed by atoms with Crippen LogP contribution in [0, 0.1) is 0 Å². The summed E-state index contributed by atoms with van der Waals surface area (Å²) in [5.74, 6) is 0.722. The number of carbonyl (C=O) groups is 1. The number of hydrogen-bond acceptors (Lipinski definition) is 6. The third kappa shape index (κ3) is 3.76. The Morgan fingerprint density at radius 3 is 2.70 bits per heavy atom. The molecule has 140 valence electrons. The van der Waals surface area contributed by atoms with E-state index in [0.717, 1.165) is 41.5 Å². The van der Waals surface area contributed by atoms with Gasteiger partial charge in [-0.25, -0.2) is 9.97 Å². The van der Waals surface area contributed by atoms with Crippen molar-refractivity contribution in [3.05, 3.63) is 42.9 Å². The van der Waals surface area contributed by atoms with Gasteiger partial charge in [0.1, 0.15) is 0 Å². The van der Waals surface area contributed by atoms with Gasteiger partial charge in [-0.05, 0) is 12.1 Å². The maximum absolute atomic E-state index is 12.2. The quantitative estimate of drug-likeness (QED) is 0.715. The lowest BCUT2D eigenvalue weighted by Crippen LogP contribution is -2.41. The summed E-state index contributed by atoms with van der Waals surface area (Å²) in [7, 11) is 1.82. The van der Waals surface area contributed by atoms with Gasteiger partial charge in [-0.1, -0.05) is 12.1 Å². The van der Waals surface area contributed by atoms with E-state index >= 15 is 0 Å². The van der Waals surface area contributed by atoms with Gasteiger partial charge < -0.3 is 15.4 Å². The molecule has 1 aliphatic rings. The Kier molecular flexibility index (Phi) is 4.99. The van der Waals surface area contributed by atoms with Crippen molar-refractivity contribution in [3.8, 4) is 11.3 Å². The van der Waals surface area contributed by atoms with Crippen molar-refractivity contribution in [2.45, 2.75) is 0 Å². The van der Waals surface area contributed by atoms with Crippen LogP contribution in [0.2, 0.25) is 0 Å². The molecular formula is C19H22N6O2. The summed E-state index contributed by atoms with van der Waals surface area (Å²) in [5.41, 5.74) is 3.54. The highest BCUT2D eigenvalue weighted by Crippen LogP contribution is 2.24. The van der Waals surface area contributed by atoms with Crippen molar-refractivity contribution in [3.63, 3.8) is 0 Å². The normalized spacial score (nSPS) is 15.0. The van der Waals surface area contributed by atoms with Crippen LogP contribution in [0.15, 0.2) is 42.9 Å². The van der Waals surface area contributed by atoms with E-state index in [0.29, 0.717) is 19.8 Å². The molecule has 1 aromatic carbocycles. The zero-order chi connectivity index (χ0) is 18.6. The average Bonchev–Trinajstić information content (AvgIpc) is 3.13. The lowest BCUT2D eigenvalue weighted by atomic mass is 10.1. The number of hydrogen-bond donors (Lipinski definition) is 2. The van der Waals surface area contributed by atoms with E-state index in [4.69, 9.17) is 4.74 Å². The van der Waals surface area contributed by atoms with Gasteiger partial charge in [0.05, 0.1) is 31.6 Å². The summed E-state index contributed by atoms with van der Waals surface area (Å²) in [4.78, 5) is 23.0. The fourth-order valence-corrected chi connectivity index (χ4v) is 3.20. The number of aromatic nitrogens is 3. The first-order valence-corrected chi connectivity index (χ1v) is 8.95. The molecular weight excluding hydrogens is 344 g/mol. The molecule has 0 unspecified atom stereocenters. The molecule has 8 nitrogen and oxygen atoms in total. The fraction of sp³-hybridized carbons (Fsp3) is 0.316. The number of carbonyl (C=O) groups excluding carboxylic acids is 1. The molecule has 4 rings (SSSR count). The zero-order valence-corrected chi connectivity index (χ0v) is 15.2. The van der Waals surface area contributed by atoms with E-state index < -0.39 is 0 Å². The monoisotopic (exact) mass is 366 g/mol. The lowest BCUT2D eigenvalue weighted by Gasteiger charge is -2.25. The topological polar surface area (TPSA) is 83.8 Å². The number of ether oxygens (including phenoxy) is 1. The second-order valence-electron chi connectivity index (χ2n) is 6.38. The summed E-state index contributed by atoms with van der Waals surface area (Å²) in [6.45, 7) is 3.35. The number of fused-ring (bicyclic) bond motifs is 1. The maximum Gasteiger partial charge on any atom is 0.238 e. The number of morpholine rings is 1. The van der Waals surface area contributed by atoms with Gasteiger partial charge in [0.2, 0.25) is 5.91 Å². The number of nitrogens with one attached hydrogen (secondary N) is 2. The number of amides is 1. The molecule has 0 aliphatic carbocycles. The van der Waals surface area contributed by atoms with Crippen molar-refractivity contribution in [2.75, 3.05) is 50.5 Å². The first-order valence-electron chi connectivity index (χ1n) is 8.95. The van der Waals surface area contributed by atoms with Crippen LogP contribution in [0.4, 0.5) is 11.5 Å². The Labute approximate surface area is 157 Å². The van der Waals surface area contributed by atoms with Crippen molar-refractivity contribution in [2.24, 2.45) is 0 Å². The van der Waals surface area contributed by atoms with Crippen LogP contribution in [-0.4, -0.2) is 65.1 Å². The molecule has 3 heterocycles. The summed E-state index contributed by atoms with van der Waals surface area (Å²) >= 11 is 0. The number of nitrogens with zero attached hydrogens (tertiary/aromatic N) is 4. The summed E-state index contributed by atoms with van der Waals surface area (Å²) < 4.78 is 7.30. The van der Waals surface area contributed by atoms with Gasteiger partial charge in [0, 0.05) is 43.8 Å². The molecule has 27 heavy (non-hydrogen) atoms. The molecule has 2 aromatic heterocycles. The number of imidazole rings is 1. The van der Waals surface area contributed by atoms with Gasteiger partial charge in [-0.15, -0.1) is 0 Å². The summed E-state index contributed by atoms with van der Waals surface area (Å²) in [6, 6.07) is 7.78. The van der Waals surface area contributed by atoms with Gasteiger partial charge in [-0.2, -0.15) is 0 Å². The predicted molar refractivity (Wildman–Crippen MR) is 104 cm³/mol. The van der Waals surface area contributed by atoms with Gasteiger partial charge in [-0.3, -0.25) is 14.1 Å². The maximum atomic E-state index is 12.2. The summed E-state index contributed by atoms with van der Waals surface area (Å²) in [6.07, 6.45) is 5.45. The highest BCUT2D eigenvalue weighted by molar-refractivity contribution is 5.92. The largest absolute Gasteiger partial charge is 0.379 e. The Bertz CT molecular complexity index is 931. The summed E-state index contributed by atoms with van der Waals surface area (Å²) in [5, 5.41) is 6.00.